The molecular formula is C21H19N3O3. The van der Waals surface area contributed by atoms with E-state index >= 15 is 0 Å². The fourth-order valence-electron chi connectivity index (χ4n) is 2.80. The van der Waals surface area contributed by atoms with Gasteiger partial charge in [0.1, 0.15) is 19.0 Å². The zero-order chi connectivity index (χ0) is 18.6. The second-order valence-electron chi connectivity index (χ2n) is 6.24. The van der Waals surface area contributed by atoms with Gasteiger partial charge in [0.15, 0.2) is 11.5 Å². The molecule has 2 heterocycles. The van der Waals surface area contributed by atoms with Crippen LogP contribution in [-0.4, -0.2) is 24.1 Å². The lowest BCUT2D eigenvalue weighted by Crippen LogP contribution is -2.15. The van der Waals surface area contributed by atoms with Crippen LogP contribution in [0.4, 0.5) is 17.2 Å². The van der Waals surface area contributed by atoms with Crippen molar-refractivity contribution in [1.29, 1.82) is 0 Å². The first-order valence-electron chi connectivity index (χ1n) is 8.68. The molecule has 0 bridgehead atoms. The Morgan fingerprint density at radius 2 is 1.78 bits per heavy atom. The van der Waals surface area contributed by atoms with E-state index in [-0.39, 0.29) is 5.91 Å². The summed E-state index contributed by atoms with van der Waals surface area (Å²) in [6.45, 7) is 3.07. The van der Waals surface area contributed by atoms with Gasteiger partial charge in [-0.3, -0.25) is 4.79 Å². The van der Waals surface area contributed by atoms with Crippen LogP contribution in [0, 0.1) is 6.92 Å². The van der Waals surface area contributed by atoms with Crippen LogP contribution in [0.25, 0.3) is 0 Å². The van der Waals surface area contributed by atoms with Gasteiger partial charge in [-0.25, -0.2) is 4.98 Å². The SMILES string of the molecule is Cc1cccc(C(=O)Nc2ccc(Nc3ccc4c(c3)OCCO4)nc2)c1. The maximum atomic E-state index is 12.3. The molecule has 0 spiro atoms. The largest absolute Gasteiger partial charge is 0.486 e. The zero-order valence-electron chi connectivity index (χ0n) is 14.9. The third-order valence-electron chi connectivity index (χ3n) is 4.12. The van der Waals surface area contributed by atoms with E-state index in [0.717, 1.165) is 17.0 Å². The molecular weight excluding hydrogens is 342 g/mol. The molecule has 1 aliphatic heterocycles. The number of nitrogens with zero attached hydrogens (tertiary/aromatic N) is 1. The summed E-state index contributed by atoms with van der Waals surface area (Å²) in [6, 6.07) is 16.7. The quantitative estimate of drug-likeness (QED) is 0.730. The van der Waals surface area contributed by atoms with Crippen molar-refractivity contribution in [2.75, 3.05) is 23.8 Å². The Bertz CT molecular complexity index is 971. The summed E-state index contributed by atoms with van der Waals surface area (Å²) in [4.78, 5) is 16.7. The number of rotatable bonds is 4. The molecule has 0 unspecified atom stereocenters. The predicted molar refractivity (Wildman–Crippen MR) is 104 cm³/mol. The number of anilines is 3. The van der Waals surface area contributed by atoms with E-state index in [1.165, 1.54) is 0 Å². The van der Waals surface area contributed by atoms with Gasteiger partial charge in [0.25, 0.3) is 5.91 Å². The van der Waals surface area contributed by atoms with E-state index in [1.807, 2.05) is 49.4 Å². The molecule has 2 N–H and O–H groups in total. The summed E-state index contributed by atoms with van der Waals surface area (Å²) >= 11 is 0. The average Bonchev–Trinajstić information content (AvgIpc) is 2.69. The molecule has 0 saturated carbocycles. The monoisotopic (exact) mass is 361 g/mol. The van der Waals surface area contributed by atoms with Crippen LogP contribution in [0.3, 0.4) is 0 Å². The van der Waals surface area contributed by atoms with E-state index < -0.39 is 0 Å². The molecule has 2 aromatic carbocycles. The number of ether oxygens (including phenoxy) is 2. The Morgan fingerprint density at radius 3 is 2.56 bits per heavy atom. The van der Waals surface area contributed by atoms with Gasteiger partial charge in [0.2, 0.25) is 0 Å². The number of carbonyl (C=O) groups is 1. The Kier molecular flexibility index (Phi) is 4.61. The van der Waals surface area contributed by atoms with Crippen LogP contribution in [0.2, 0.25) is 0 Å². The Balaban J connectivity index is 1.42. The molecule has 0 atom stereocenters. The Morgan fingerprint density at radius 1 is 0.963 bits per heavy atom. The lowest BCUT2D eigenvalue weighted by molar-refractivity contribution is 0.102. The standard InChI is InChI=1S/C21H19N3O3/c1-14-3-2-4-15(11-14)21(25)24-17-6-8-20(22-13-17)23-16-5-7-18-19(12-16)27-10-9-26-18/h2-8,11-13H,9-10H2,1H3,(H,22,23)(H,24,25). The van der Waals surface area contributed by atoms with Crippen molar-refractivity contribution in [2.24, 2.45) is 0 Å². The molecule has 0 radical (unpaired) electrons. The molecule has 136 valence electrons. The van der Waals surface area contributed by atoms with Gasteiger partial charge in [0.05, 0.1) is 11.9 Å². The molecule has 1 amide bonds. The molecule has 0 saturated heterocycles. The van der Waals surface area contributed by atoms with Crippen molar-refractivity contribution in [3.05, 3.63) is 71.9 Å². The van der Waals surface area contributed by atoms with Gasteiger partial charge in [-0.05, 0) is 43.3 Å². The number of aromatic nitrogens is 1. The van der Waals surface area contributed by atoms with Crippen molar-refractivity contribution < 1.29 is 14.3 Å². The fourth-order valence-corrected chi connectivity index (χ4v) is 2.80. The van der Waals surface area contributed by atoms with E-state index in [9.17, 15) is 4.79 Å². The maximum absolute atomic E-state index is 12.3. The van der Waals surface area contributed by atoms with Gasteiger partial charge in [-0.15, -0.1) is 0 Å². The predicted octanol–water partition coefficient (Wildman–Crippen LogP) is 4.16. The number of aryl methyl sites for hydroxylation is 1. The Labute approximate surface area is 157 Å². The number of amides is 1. The molecule has 1 aromatic heterocycles. The normalized spacial score (nSPS) is 12.3. The van der Waals surface area contributed by atoms with Crippen LogP contribution in [0.1, 0.15) is 15.9 Å². The summed E-state index contributed by atoms with van der Waals surface area (Å²) in [5.74, 6) is 1.97. The van der Waals surface area contributed by atoms with Gasteiger partial charge in [-0.1, -0.05) is 17.7 Å². The first kappa shape index (κ1) is 16.9. The van der Waals surface area contributed by atoms with Crippen molar-refractivity contribution in [1.82, 2.24) is 4.98 Å². The molecule has 27 heavy (non-hydrogen) atoms. The van der Waals surface area contributed by atoms with Crippen LogP contribution in [-0.2, 0) is 0 Å². The van der Waals surface area contributed by atoms with Gasteiger partial charge in [0, 0.05) is 17.3 Å². The highest BCUT2D eigenvalue weighted by atomic mass is 16.6. The smallest absolute Gasteiger partial charge is 0.255 e. The highest BCUT2D eigenvalue weighted by Crippen LogP contribution is 2.33. The average molecular weight is 361 g/mol. The minimum absolute atomic E-state index is 0.159. The number of fused-ring (bicyclic) bond motifs is 1. The zero-order valence-corrected chi connectivity index (χ0v) is 14.9. The van der Waals surface area contributed by atoms with E-state index in [0.29, 0.717) is 36.0 Å². The highest BCUT2D eigenvalue weighted by Gasteiger charge is 2.12. The van der Waals surface area contributed by atoms with E-state index in [1.54, 1.807) is 18.3 Å². The highest BCUT2D eigenvalue weighted by molar-refractivity contribution is 6.04. The van der Waals surface area contributed by atoms with E-state index in [4.69, 9.17) is 9.47 Å². The second kappa shape index (κ2) is 7.37. The lowest BCUT2D eigenvalue weighted by Gasteiger charge is -2.19. The molecule has 0 aliphatic carbocycles. The topological polar surface area (TPSA) is 72.5 Å². The molecule has 3 aromatic rings. The van der Waals surface area contributed by atoms with Crippen molar-refractivity contribution in [2.45, 2.75) is 6.92 Å². The molecule has 1 aliphatic rings. The number of nitrogens with one attached hydrogen (secondary N) is 2. The van der Waals surface area contributed by atoms with Crippen molar-refractivity contribution in [3.63, 3.8) is 0 Å². The van der Waals surface area contributed by atoms with Gasteiger partial charge >= 0.3 is 0 Å². The Hall–Kier alpha value is -3.54. The summed E-state index contributed by atoms with van der Waals surface area (Å²) in [5, 5.41) is 6.07. The third-order valence-corrected chi connectivity index (χ3v) is 4.12. The first-order valence-corrected chi connectivity index (χ1v) is 8.68. The first-order chi connectivity index (χ1) is 13.2. The number of hydrogen-bond acceptors (Lipinski definition) is 5. The molecule has 0 fully saturated rings. The minimum Gasteiger partial charge on any atom is -0.486 e. The number of hydrogen-bond donors (Lipinski definition) is 2. The van der Waals surface area contributed by atoms with Crippen molar-refractivity contribution >= 4 is 23.1 Å². The number of benzene rings is 2. The fraction of sp³-hybridized carbons (Fsp3) is 0.143. The molecule has 6 heteroatoms. The van der Waals surface area contributed by atoms with Crippen LogP contribution in [0.15, 0.2) is 60.8 Å². The summed E-state index contributed by atoms with van der Waals surface area (Å²) in [5.41, 5.74) is 3.14. The molecule has 4 rings (SSSR count). The van der Waals surface area contributed by atoms with E-state index in [2.05, 4.69) is 15.6 Å². The van der Waals surface area contributed by atoms with Crippen LogP contribution >= 0.6 is 0 Å². The summed E-state index contributed by atoms with van der Waals surface area (Å²) in [6.07, 6.45) is 1.62. The van der Waals surface area contributed by atoms with Gasteiger partial charge < -0.3 is 20.1 Å². The van der Waals surface area contributed by atoms with Crippen molar-refractivity contribution in [3.8, 4) is 11.5 Å². The number of pyridine rings is 1. The maximum Gasteiger partial charge on any atom is 0.255 e. The third kappa shape index (κ3) is 4.00. The summed E-state index contributed by atoms with van der Waals surface area (Å²) in [7, 11) is 0. The van der Waals surface area contributed by atoms with Gasteiger partial charge in [-0.2, -0.15) is 0 Å². The lowest BCUT2D eigenvalue weighted by atomic mass is 10.1. The van der Waals surface area contributed by atoms with Crippen LogP contribution < -0.4 is 20.1 Å². The molecule has 6 nitrogen and oxygen atoms in total. The second-order valence-corrected chi connectivity index (χ2v) is 6.24. The van der Waals surface area contributed by atoms with Crippen LogP contribution in [0.5, 0.6) is 11.5 Å². The summed E-state index contributed by atoms with van der Waals surface area (Å²) < 4.78 is 11.1. The number of carbonyl (C=O) groups excluding carboxylic acids is 1. The minimum atomic E-state index is -0.159.